The number of carbonyl (C=O) groups excluding carboxylic acids is 2. The van der Waals surface area contributed by atoms with Gasteiger partial charge in [0, 0.05) is 29.2 Å². The van der Waals surface area contributed by atoms with Crippen molar-refractivity contribution in [2.24, 2.45) is 0 Å². The van der Waals surface area contributed by atoms with E-state index in [0.29, 0.717) is 22.2 Å². The van der Waals surface area contributed by atoms with Gasteiger partial charge < -0.3 is 10.2 Å². The van der Waals surface area contributed by atoms with Gasteiger partial charge in [0.15, 0.2) is 0 Å². The summed E-state index contributed by atoms with van der Waals surface area (Å²) in [6, 6.07) is 22.4. The number of hydrogen-bond acceptors (Lipinski definition) is 3. The van der Waals surface area contributed by atoms with Crippen LogP contribution in [0.2, 0.25) is 10.0 Å². The highest BCUT2D eigenvalue weighted by atomic mass is 79.9. The topological polar surface area (TPSA) is 49.4 Å². The Balaban J connectivity index is 1.86. The Morgan fingerprint density at radius 2 is 1.58 bits per heavy atom. The van der Waals surface area contributed by atoms with Gasteiger partial charge in [-0.05, 0) is 54.8 Å². The summed E-state index contributed by atoms with van der Waals surface area (Å²) in [5.41, 5.74) is 2.92. The zero-order chi connectivity index (χ0) is 26.1. The number of benzene rings is 3. The lowest BCUT2D eigenvalue weighted by atomic mass is 10.0. The van der Waals surface area contributed by atoms with Gasteiger partial charge in [-0.1, -0.05) is 87.7 Å². The molecule has 190 valence electrons. The fraction of sp³-hybridized carbons (Fsp3) is 0.286. The highest BCUT2D eigenvalue weighted by molar-refractivity contribution is 9.10. The van der Waals surface area contributed by atoms with Gasteiger partial charge in [0.2, 0.25) is 11.8 Å². The maximum atomic E-state index is 13.6. The Morgan fingerprint density at radius 1 is 0.917 bits per heavy atom. The van der Waals surface area contributed by atoms with E-state index >= 15 is 0 Å². The van der Waals surface area contributed by atoms with Gasteiger partial charge in [-0.2, -0.15) is 0 Å². The van der Waals surface area contributed by atoms with Crippen molar-refractivity contribution in [1.29, 1.82) is 0 Å². The van der Waals surface area contributed by atoms with E-state index in [0.717, 1.165) is 21.2 Å². The van der Waals surface area contributed by atoms with Gasteiger partial charge in [-0.25, -0.2) is 0 Å². The quantitative estimate of drug-likeness (QED) is 0.252. The number of hydrogen-bond donors (Lipinski definition) is 1. The normalized spacial score (nSPS) is 11.8. The third-order valence-electron chi connectivity index (χ3n) is 5.45. The van der Waals surface area contributed by atoms with Crippen LogP contribution in [0.25, 0.3) is 0 Å². The van der Waals surface area contributed by atoms with Crippen LogP contribution in [0.3, 0.4) is 0 Å². The lowest BCUT2D eigenvalue weighted by molar-refractivity contribution is -0.139. The van der Waals surface area contributed by atoms with Crippen molar-refractivity contribution in [3.05, 3.63) is 104 Å². The van der Waals surface area contributed by atoms with Crippen molar-refractivity contribution in [3.8, 4) is 0 Å². The third-order valence-corrected chi connectivity index (χ3v) is 7.70. The lowest BCUT2D eigenvalue weighted by Crippen LogP contribution is -2.52. The predicted molar refractivity (Wildman–Crippen MR) is 155 cm³/mol. The molecule has 0 heterocycles. The zero-order valence-corrected chi connectivity index (χ0v) is 24.1. The van der Waals surface area contributed by atoms with Crippen LogP contribution in [0.15, 0.2) is 77.3 Å². The molecule has 0 unspecified atom stereocenters. The van der Waals surface area contributed by atoms with Gasteiger partial charge in [0.1, 0.15) is 6.04 Å². The van der Waals surface area contributed by atoms with Crippen molar-refractivity contribution in [2.75, 3.05) is 5.75 Å². The fourth-order valence-electron chi connectivity index (χ4n) is 3.69. The minimum atomic E-state index is -0.676. The van der Waals surface area contributed by atoms with E-state index < -0.39 is 6.04 Å². The Bertz CT molecular complexity index is 1160. The van der Waals surface area contributed by atoms with E-state index in [9.17, 15) is 9.59 Å². The van der Waals surface area contributed by atoms with Crippen LogP contribution in [-0.4, -0.2) is 34.6 Å². The van der Waals surface area contributed by atoms with Crippen LogP contribution in [0.4, 0.5) is 0 Å². The molecule has 0 spiro atoms. The number of carbonyl (C=O) groups is 2. The summed E-state index contributed by atoms with van der Waals surface area (Å²) in [6.07, 6.45) is 0.407. The second-order valence-electron chi connectivity index (χ2n) is 8.76. The molecule has 0 aliphatic carbocycles. The molecule has 3 aromatic rings. The van der Waals surface area contributed by atoms with E-state index in [4.69, 9.17) is 23.2 Å². The first-order valence-corrected chi connectivity index (χ1v) is 14.3. The molecule has 1 atom stereocenters. The molecule has 0 saturated heterocycles. The highest BCUT2D eigenvalue weighted by Crippen LogP contribution is 2.25. The van der Waals surface area contributed by atoms with Crippen molar-refractivity contribution >= 4 is 62.7 Å². The number of nitrogens with zero attached hydrogens (tertiary/aromatic N) is 1. The molecular weight excluding hydrogens is 579 g/mol. The van der Waals surface area contributed by atoms with Crippen LogP contribution in [0.1, 0.15) is 30.5 Å². The molecule has 0 aliphatic heterocycles. The highest BCUT2D eigenvalue weighted by Gasteiger charge is 2.30. The monoisotopic (exact) mass is 606 g/mol. The number of thioether (sulfide) groups is 1. The van der Waals surface area contributed by atoms with Crippen LogP contribution in [-0.2, 0) is 28.3 Å². The van der Waals surface area contributed by atoms with Crippen molar-refractivity contribution in [2.45, 2.75) is 44.6 Å². The molecule has 0 radical (unpaired) electrons. The number of rotatable bonds is 11. The predicted octanol–water partition coefficient (Wildman–Crippen LogP) is 7.15. The molecule has 0 saturated carbocycles. The molecule has 8 heteroatoms. The zero-order valence-electron chi connectivity index (χ0n) is 20.2. The smallest absolute Gasteiger partial charge is 0.243 e. The molecule has 1 N–H and O–H groups in total. The van der Waals surface area contributed by atoms with Crippen LogP contribution >= 0.6 is 50.9 Å². The van der Waals surface area contributed by atoms with Crippen molar-refractivity contribution < 1.29 is 9.59 Å². The summed E-state index contributed by atoms with van der Waals surface area (Å²) in [4.78, 5) is 28.7. The number of halogens is 3. The first-order chi connectivity index (χ1) is 17.2. The van der Waals surface area contributed by atoms with E-state index in [1.807, 2.05) is 74.5 Å². The van der Waals surface area contributed by atoms with E-state index in [2.05, 4.69) is 21.2 Å². The van der Waals surface area contributed by atoms with Crippen LogP contribution in [0, 0.1) is 0 Å². The molecule has 2 amide bonds. The van der Waals surface area contributed by atoms with E-state index in [1.165, 1.54) is 11.8 Å². The van der Waals surface area contributed by atoms with Gasteiger partial charge in [0.25, 0.3) is 0 Å². The summed E-state index contributed by atoms with van der Waals surface area (Å²) in [6.45, 7) is 4.07. The Labute approximate surface area is 235 Å². The maximum absolute atomic E-state index is 13.6. The fourth-order valence-corrected chi connectivity index (χ4v) is 5.14. The largest absolute Gasteiger partial charge is 0.352 e. The molecule has 3 rings (SSSR count). The Hall–Kier alpha value is -1.99. The third kappa shape index (κ3) is 8.84. The molecule has 0 aromatic heterocycles. The summed E-state index contributed by atoms with van der Waals surface area (Å²) in [5, 5.41) is 3.86. The molecular formula is C28H29BrCl2N2O2S. The van der Waals surface area contributed by atoms with Crippen molar-refractivity contribution in [3.63, 3.8) is 0 Å². The summed E-state index contributed by atoms with van der Waals surface area (Å²) < 4.78 is 1.01. The Morgan fingerprint density at radius 3 is 2.22 bits per heavy atom. The van der Waals surface area contributed by atoms with E-state index in [-0.39, 0.29) is 30.2 Å². The van der Waals surface area contributed by atoms with Crippen molar-refractivity contribution in [1.82, 2.24) is 10.2 Å². The minimum absolute atomic E-state index is 0.0514. The van der Waals surface area contributed by atoms with Gasteiger partial charge in [0.05, 0.1) is 15.8 Å². The minimum Gasteiger partial charge on any atom is -0.352 e. The van der Waals surface area contributed by atoms with Gasteiger partial charge in [-0.15, -0.1) is 11.8 Å². The standard InChI is InChI=1S/C28H29BrCl2N2O2S/c1-19(2)32-28(35)26(15-20-6-4-3-5-7-20)33(16-22-10-13-24(30)25(31)14-22)27(34)18-36-17-21-8-11-23(29)12-9-21/h3-14,19,26H,15-18H2,1-2H3,(H,32,35)/t26-/m0/s1. The molecule has 36 heavy (non-hydrogen) atoms. The van der Waals surface area contributed by atoms with Crippen LogP contribution < -0.4 is 5.32 Å². The first-order valence-electron chi connectivity index (χ1n) is 11.6. The summed E-state index contributed by atoms with van der Waals surface area (Å²) in [7, 11) is 0. The molecule has 4 nitrogen and oxygen atoms in total. The summed E-state index contributed by atoms with van der Waals surface area (Å²) >= 11 is 17.3. The average Bonchev–Trinajstić information content (AvgIpc) is 2.85. The molecule has 0 aliphatic rings. The van der Waals surface area contributed by atoms with Crippen LogP contribution in [0.5, 0.6) is 0 Å². The second-order valence-corrected chi connectivity index (χ2v) is 11.5. The Kier molecular flexibility index (Phi) is 11.2. The molecule has 3 aromatic carbocycles. The lowest BCUT2D eigenvalue weighted by Gasteiger charge is -2.32. The number of nitrogens with one attached hydrogen (secondary N) is 1. The first kappa shape index (κ1) is 28.6. The van der Waals surface area contributed by atoms with Gasteiger partial charge >= 0.3 is 0 Å². The summed E-state index contributed by atoms with van der Waals surface area (Å²) in [5.74, 6) is 0.655. The average molecular weight is 608 g/mol. The maximum Gasteiger partial charge on any atom is 0.243 e. The van der Waals surface area contributed by atoms with E-state index in [1.54, 1.807) is 17.0 Å². The SMILES string of the molecule is CC(C)NC(=O)[C@H](Cc1ccccc1)N(Cc1ccc(Cl)c(Cl)c1)C(=O)CSCc1ccc(Br)cc1. The molecule has 0 bridgehead atoms. The molecule has 0 fully saturated rings. The van der Waals surface area contributed by atoms with Gasteiger partial charge in [-0.3, -0.25) is 9.59 Å². The number of amides is 2. The second kappa shape index (κ2) is 14.1.